The summed E-state index contributed by atoms with van der Waals surface area (Å²) < 4.78 is 6.97. The van der Waals surface area contributed by atoms with Crippen LogP contribution < -0.4 is 9.64 Å². The van der Waals surface area contributed by atoms with Gasteiger partial charge in [0.15, 0.2) is 12.5 Å². The molecule has 1 aromatic carbocycles. The number of ether oxygens (including phenoxy) is 1. The van der Waals surface area contributed by atoms with E-state index in [4.69, 9.17) is 27.9 Å². The molecule has 0 N–H and O–H groups in total. The lowest BCUT2D eigenvalue weighted by Gasteiger charge is -2.38. The first-order chi connectivity index (χ1) is 13.6. The van der Waals surface area contributed by atoms with Crippen LogP contribution in [0.2, 0.25) is 10.2 Å². The van der Waals surface area contributed by atoms with Crippen LogP contribution in [0.4, 0.5) is 5.69 Å². The van der Waals surface area contributed by atoms with Crippen molar-refractivity contribution in [3.63, 3.8) is 0 Å². The molecule has 0 radical (unpaired) electrons. The molecule has 3 heterocycles. The van der Waals surface area contributed by atoms with Crippen molar-refractivity contribution in [3.8, 4) is 5.75 Å². The number of fused-ring (bicyclic) bond motifs is 1. The Hall–Kier alpha value is -2.35. The average Bonchev–Trinajstić information content (AvgIpc) is 3.15. The molecule has 1 unspecified atom stereocenters. The van der Waals surface area contributed by atoms with Crippen molar-refractivity contribution < 1.29 is 9.53 Å². The van der Waals surface area contributed by atoms with Crippen LogP contribution in [0.5, 0.6) is 5.75 Å². The maximum atomic E-state index is 11.8. The lowest BCUT2D eigenvalue weighted by Crippen LogP contribution is -2.49. The number of hydrogen-bond donors (Lipinski definition) is 0. The number of benzene rings is 1. The predicted octanol–water partition coefficient (Wildman–Crippen LogP) is 3.27. The molecule has 0 saturated carbocycles. The lowest BCUT2D eigenvalue weighted by atomic mass is 10.2. The van der Waals surface area contributed by atoms with Gasteiger partial charge in [0.2, 0.25) is 0 Å². The van der Waals surface area contributed by atoms with E-state index in [0.717, 1.165) is 49.1 Å². The number of anilines is 1. The largest absolute Gasteiger partial charge is 0.495 e. The maximum absolute atomic E-state index is 11.8. The molecule has 2 aromatic heterocycles. The van der Waals surface area contributed by atoms with Gasteiger partial charge < -0.3 is 9.64 Å². The molecule has 9 heteroatoms. The molecule has 3 aromatic rings. The number of methoxy groups -OCH3 is 1. The van der Waals surface area contributed by atoms with Gasteiger partial charge in [0, 0.05) is 50.3 Å². The van der Waals surface area contributed by atoms with E-state index in [1.54, 1.807) is 30.3 Å². The highest BCUT2D eigenvalue weighted by atomic mass is 35.5. The second kappa shape index (κ2) is 7.95. The van der Waals surface area contributed by atoms with Crippen LogP contribution >= 0.6 is 23.2 Å². The molecule has 0 bridgehead atoms. The van der Waals surface area contributed by atoms with Gasteiger partial charge in [-0.15, -0.1) is 0 Å². The minimum Gasteiger partial charge on any atom is -0.495 e. The summed E-state index contributed by atoms with van der Waals surface area (Å²) in [6.45, 7) is 2.99. The SMILES string of the molecule is COc1cc(N2CCN(C(C=O)n3cc4c(Cl)nccc4n3)CC2)ccc1Cl. The molecule has 1 aliphatic heterocycles. The van der Waals surface area contributed by atoms with Crippen LogP contribution in [0, 0.1) is 0 Å². The van der Waals surface area contributed by atoms with Gasteiger partial charge >= 0.3 is 0 Å². The van der Waals surface area contributed by atoms with E-state index in [9.17, 15) is 4.79 Å². The predicted molar refractivity (Wildman–Crippen MR) is 109 cm³/mol. The summed E-state index contributed by atoms with van der Waals surface area (Å²) in [5.74, 6) is 0.654. The van der Waals surface area contributed by atoms with Crippen molar-refractivity contribution in [2.24, 2.45) is 0 Å². The van der Waals surface area contributed by atoms with E-state index in [2.05, 4.69) is 19.9 Å². The molecule has 28 heavy (non-hydrogen) atoms. The van der Waals surface area contributed by atoms with Crippen molar-refractivity contribution in [2.75, 3.05) is 38.2 Å². The zero-order valence-electron chi connectivity index (χ0n) is 15.3. The fourth-order valence-corrected chi connectivity index (χ4v) is 3.87. The first kappa shape index (κ1) is 19.0. The van der Waals surface area contributed by atoms with E-state index < -0.39 is 6.17 Å². The van der Waals surface area contributed by atoms with Crippen molar-refractivity contribution in [3.05, 3.63) is 46.8 Å². The maximum Gasteiger partial charge on any atom is 0.160 e. The van der Waals surface area contributed by atoms with Crippen LogP contribution in [0.25, 0.3) is 10.9 Å². The minimum atomic E-state index is -0.481. The van der Waals surface area contributed by atoms with Crippen LogP contribution in [-0.4, -0.2) is 59.2 Å². The number of piperazine rings is 1. The Morgan fingerprint density at radius 3 is 2.64 bits per heavy atom. The third kappa shape index (κ3) is 3.53. The Kier molecular flexibility index (Phi) is 5.39. The Bertz CT molecular complexity index is 1000. The van der Waals surface area contributed by atoms with Crippen LogP contribution in [-0.2, 0) is 4.79 Å². The number of halogens is 2. The lowest BCUT2D eigenvalue weighted by molar-refractivity contribution is -0.115. The Balaban J connectivity index is 1.50. The monoisotopic (exact) mass is 419 g/mol. The van der Waals surface area contributed by atoms with Crippen LogP contribution in [0.1, 0.15) is 6.17 Å². The summed E-state index contributed by atoms with van der Waals surface area (Å²) in [7, 11) is 1.60. The molecule has 0 spiro atoms. The average molecular weight is 420 g/mol. The standard InChI is InChI=1S/C19H19Cl2N5O2/c1-28-17-10-13(2-3-15(17)20)24-6-8-25(9-7-24)18(12-27)26-11-14-16(23-26)4-5-22-19(14)21/h2-5,10-12,18H,6-9H2,1H3. The van der Waals surface area contributed by atoms with Gasteiger partial charge in [-0.25, -0.2) is 9.67 Å². The first-order valence-corrected chi connectivity index (χ1v) is 9.63. The summed E-state index contributed by atoms with van der Waals surface area (Å²) in [6, 6.07) is 7.53. The van der Waals surface area contributed by atoms with Gasteiger partial charge in [-0.1, -0.05) is 23.2 Å². The molecule has 0 amide bonds. The molecular weight excluding hydrogens is 401 g/mol. The Morgan fingerprint density at radius 1 is 1.18 bits per heavy atom. The molecule has 146 valence electrons. The van der Waals surface area contributed by atoms with Crippen molar-refractivity contribution in [1.29, 1.82) is 0 Å². The smallest absolute Gasteiger partial charge is 0.160 e. The number of rotatable bonds is 5. The van der Waals surface area contributed by atoms with Gasteiger partial charge in [0.05, 0.1) is 23.0 Å². The number of carbonyl (C=O) groups excluding carboxylic acids is 1. The number of aromatic nitrogens is 3. The molecule has 1 aliphatic rings. The van der Waals surface area contributed by atoms with E-state index in [1.807, 2.05) is 18.2 Å². The molecule has 1 fully saturated rings. The second-order valence-corrected chi connectivity index (χ2v) is 7.30. The molecule has 7 nitrogen and oxygen atoms in total. The third-order valence-corrected chi connectivity index (χ3v) is 5.60. The normalized spacial score (nSPS) is 16.3. The zero-order chi connectivity index (χ0) is 19.7. The summed E-state index contributed by atoms with van der Waals surface area (Å²) in [5, 5.41) is 6.21. The van der Waals surface area contributed by atoms with Gasteiger partial charge in [0.1, 0.15) is 10.9 Å². The summed E-state index contributed by atoms with van der Waals surface area (Å²) in [4.78, 5) is 20.3. The van der Waals surface area contributed by atoms with E-state index >= 15 is 0 Å². The molecule has 0 aliphatic carbocycles. The Morgan fingerprint density at radius 2 is 1.96 bits per heavy atom. The summed E-state index contributed by atoms with van der Waals surface area (Å²) in [5.41, 5.74) is 1.77. The van der Waals surface area contributed by atoms with Gasteiger partial charge in [-0.05, 0) is 18.2 Å². The number of aldehydes is 1. The highest BCUT2D eigenvalue weighted by molar-refractivity contribution is 6.34. The molecule has 1 saturated heterocycles. The van der Waals surface area contributed by atoms with Crippen LogP contribution in [0.3, 0.4) is 0 Å². The quantitative estimate of drug-likeness (QED) is 0.467. The van der Waals surface area contributed by atoms with E-state index in [-0.39, 0.29) is 0 Å². The topological polar surface area (TPSA) is 63.5 Å². The van der Waals surface area contributed by atoms with Gasteiger partial charge in [-0.2, -0.15) is 5.10 Å². The molecule has 4 rings (SSSR count). The molecular formula is C19H19Cl2N5O2. The third-order valence-electron chi connectivity index (χ3n) is 4.98. The van der Waals surface area contributed by atoms with Crippen LogP contribution in [0.15, 0.2) is 36.7 Å². The molecule has 1 atom stereocenters. The number of carbonyl (C=O) groups is 1. The number of pyridine rings is 1. The minimum absolute atomic E-state index is 0.384. The fraction of sp³-hybridized carbons (Fsp3) is 0.316. The van der Waals surface area contributed by atoms with E-state index in [0.29, 0.717) is 15.9 Å². The van der Waals surface area contributed by atoms with Gasteiger partial charge in [-0.3, -0.25) is 9.69 Å². The summed E-state index contributed by atoms with van der Waals surface area (Å²) in [6.07, 6.45) is 3.82. The zero-order valence-corrected chi connectivity index (χ0v) is 16.8. The second-order valence-electron chi connectivity index (χ2n) is 6.54. The first-order valence-electron chi connectivity index (χ1n) is 8.88. The summed E-state index contributed by atoms with van der Waals surface area (Å²) >= 11 is 12.3. The Labute approximate surface area is 172 Å². The fourth-order valence-electron chi connectivity index (χ4n) is 3.47. The highest BCUT2D eigenvalue weighted by Crippen LogP contribution is 2.30. The van der Waals surface area contributed by atoms with Crippen molar-refractivity contribution >= 4 is 46.1 Å². The number of nitrogens with zero attached hydrogens (tertiary/aromatic N) is 5. The van der Waals surface area contributed by atoms with E-state index in [1.165, 1.54) is 0 Å². The number of hydrogen-bond acceptors (Lipinski definition) is 6. The van der Waals surface area contributed by atoms with Crippen molar-refractivity contribution in [1.82, 2.24) is 19.7 Å². The van der Waals surface area contributed by atoms with Gasteiger partial charge in [0.25, 0.3) is 0 Å². The van der Waals surface area contributed by atoms with Crippen molar-refractivity contribution in [2.45, 2.75) is 6.17 Å². The highest BCUT2D eigenvalue weighted by Gasteiger charge is 2.26.